The van der Waals surface area contributed by atoms with Crippen LogP contribution in [-0.2, 0) is 0 Å². The van der Waals surface area contributed by atoms with Crippen molar-refractivity contribution in [1.82, 2.24) is 15.2 Å². The summed E-state index contributed by atoms with van der Waals surface area (Å²) in [6.07, 6.45) is 4.17. The van der Waals surface area contributed by atoms with E-state index in [9.17, 15) is 0 Å². The van der Waals surface area contributed by atoms with Crippen LogP contribution in [0.1, 0.15) is 24.5 Å². The molecule has 0 bridgehead atoms. The number of nitrogens with zero attached hydrogens (tertiary/aromatic N) is 3. The number of pyridine rings is 1. The molecule has 2 aromatic heterocycles. The molecule has 0 amide bonds. The third-order valence-corrected chi connectivity index (χ3v) is 4.67. The number of para-hydroxylation sites is 1. The Kier molecular flexibility index (Phi) is 3.47. The topological polar surface area (TPSA) is 44.8 Å². The number of piperidine rings is 1. The number of H-pyrrole nitrogens is 1. The van der Waals surface area contributed by atoms with Crippen molar-refractivity contribution in [3.63, 3.8) is 0 Å². The van der Waals surface area contributed by atoms with Gasteiger partial charge in [0.15, 0.2) is 0 Å². The molecule has 1 aliphatic heterocycles. The van der Waals surface area contributed by atoms with Crippen LogP contribution in [-0.4, -0.2) is 28.3 Å². The first kappa shape index (κ1) is 13.6. The maximum Gasteiger partial charge on any atom is 0.129 e. The number of hydrogen-bond acceptors (Lipinski definition) is 3. The molecule has 0 spiro atoms. The van der Waals surface area contributed by atoms with Gasteiger partial charge in [-0.3, -0.25) is 5.10 Å². The molecule has 4 nitrogen and oxygen atoms in total. The largest absolute Gasteiger partial charge is 0.356 e. The molecule has 0 aliphatic carbocycles. The Bertz CT molecular complexity index is 784. The van der Waals surface area contributed by atoms with Crippen LogP contribution in [0.4, 0.5) is 5.82 Å². The first-order valence-corrected chi connectivity index (χ1v) is 7.98. The van der Waals surface area contributed by atoms with E-state index in [1.54, 1.807) is 0 Å². The van der Waals surface area contributed by atoms with E-state index in [0.717, 1.165) is 36.2 Å². The quantitative estimate of drug-likeness (QED) is 0.778. The number of benzene rings is 1. The SMILES string of the molecule is Clc1cccc2ccc(N3CCC[C@H](c4ccn[nH]4)C3)nc12. The average molecular weight is 313 g/mol. The highest BCUT2D eigenvalue weighted by molar-refractivity contribution is 6.35. The lowest BCUT2D eigenvalue weighted by Crippen LogP contribution is -2.35. The van der Waals surface area contributed by atoms with Gasteiger partial charge >= 0.3 is 0 Å². The molecular formula is C17H17ClN4. The third-order valence-electron chi connectivity index (χ3n) is 4.36. The van der Waals surface area contributed by atoms with Crippen molar-refractivity contribution in [3.05, 3.63) is 53.3 Å². The summed E-state index contributed by atoms with van der Waals surface area (Å²) in [5, 5.41) is 8.96. The summed E-state index contributed by atoms with van der Waals surface area (Å²) in [5.41, 5.74) is 2.09. The fourth-order valence-corrected chi connectivity index (χ4v) is 3.43. The van der Waals surface area contributed by atoms with Gasteiger partial charge in [0.1, 0.15) is 5.82 Å². The van der Waals surface area contributed by atoms with E-state index in [2.05, 4.69) is 33.3 Å². The van der Waals surface area contributed by atoms with Gasteiger partial charge in [-0.1, -0.05) is 23.7 Å². The van der Waals surface area contributed by atoms with Crippen molar-refractivity contribution < 1.29 is 0 Å². The van der Waals surface area contributed by atoms with E-state index < -0.39 is 0 Å². The predicted octanol–water partition coefficient (Wildman–Crippen LogP) is 4.00. The van der Waals surface area contributed by atoms with Crippen LogP contribution in [0.3, 0.4) is 0 Å². The fourth-order valence-electron chi connectivity index (χ4n) is 3.21. The molecule has 5 heteroatoms. The van der Waals surface area contributed by atoms with Crippen LogP contribution in [0, 0.1) is 0 Å². The lowest BCUT2D eigenvalue weighted by atomic mass is 9.95. The van der Waals surface area contributed by atoms with Crippen molar-refractivity contribution >= 4 is 28.3 Å². The predicted molar refractivity (Wildman–Crippen MR) is 89.5 cm³/mol. The molecule has 3 heterocycles. The van der Waals surface area contributed by atoms with Crippen molar-refractivity contribution in [3.8, 4) is 0 Å². The second kappa shape index (κ2) is 5.61. The highest BCUT2D eigenvalue weighted by Crippen LogP contribution is 2.30. The molecule has 112 valence electrons. The number of anilines is 1. The lowest BCUT2D eigenvalue weighted by molar-refractivity contribution is 0.498. The number of aromatic nitrogens is 3. The summed E-state index contributed by atoms with van der Waals surface area (Å²) in [4.78, 5) is 7.13. The number of hydrogen-bond donors (Lipinski definition) is 1. The van der Waals surface area contributed by atoms with Gasteiger partial charge in [0.05, 0.1) is 10.5 Å². The summed E-state index contributed by atoms with van der Waals surface area (Å²) < 4.78 is 0. The molecule has 0 radical (unpaired) electrons. The van der Waals surface area contributed by atoms with E-state index in [1.807, 2.05) is 24.4 Å². The summed E-state index contributed by atoms with van der Waals surface area (Å²) in [5.74, 6) is 1.49. The van der Waals surface area contributed by atoms with Gasteiger partial charge in [0.25, 0.3) is 0 Å². The van der Waals surface area contributed by atoms with Gasteiger partial charge in [-0.15, -0.1) is 0 Å². The van der Waals surface area contributed by atoms with Crippen LogP contribution in [0.2, 0.25) is 5.02 Å². The molecule has 1 saturated heterocycles. The smallest absolute Gasteiger partial charge is 0.129 e. The number of rotatable bonds is 2. The summed E-state index contributed by atoms with van der Waals surface area (Å²) in [7, 11) is 0. The molecule has 4 rings (SSSR count). The van der Waals surface area contributed by atoms with Gasteiger partial charge in [-0.25, -0.2) is 4.98 Å². The zero-order valence-electron chi connectivity index (χ0n) is 12.2. The molecule has 22 heavy (non-hydrogen) atoms. The summed E-state index contributed by atoms with van der Waals surface area (Å²) in [6, 6.07) is 12.2. The van der Waals surface area contributed by atoms with Crippen molar-refractivity contribution in [2.24, 2.45) is 0 Å². The van der Waals surface area contributed by atoms with Gasteiger partial charge in [0.2, 0.25) is 0 Å². The van der Waals surface area contributed by atoms with Crippen LogP contribution in [0.15, 0.2) is 42.6 Å². The van der Waals surface area contributed by atoms with E-state index >= 15 is 0 Å². The monoisotopic (exact) mass is 312 g/mol. The Balaban J connectivity index is 1.65. The highest BCUT2D eigenvalue weighted by atomic mass is 35.5. The standard InChI is InChI=1S/C17H17ClN4/c18-14-5-1-3-12-6-7-16(20-17(12)14)22-10-2-4-13(11-22)15-8-9-19-21-15/h1,3,5-9,13H,2,4,10-11H2,(H,19,21)/t13-/m0/s1. The molecule has 1 N–H and O–H groups in total. The van der Waals surface area contributed by atoms with Crippen LogP contribution in [0.25, 0.3) is 10.9 Å². The maximum atomic E-state index is 6.28. The number of aromatic amines is 1. The minimum absolute atomic E-state index is 0.486. The van der Waals surface area contributed by atoms with Crippen molar-refractivity contribution in [2.75, 3.05) is 18.0 Å². The highest BCUT2D eigenvalue weighted by Gasteiger charge is 2.23. The zero-order chi connectivity index (χ0) is 14.9. The Hall–Kier alpha value is -2.07. The first-order chi connectivity index (χ1) is 10.8. The van der Waals surface area contributed by atoms with E-state index in [-0.39, 0.29) is 0 Å². The Morgan fingerprint density at radius 3 is 3.00 bits per heavy atom. The molecular weight excluding hydrogens is 296 g/mol. The number of fused-ring (bicyclic) bond motifs is 1. The molecule has 0 saturated carbocycles. The minimum atomic E-state index is 0.486. The zero-order valence-corrected chi connectivity index (χ0v) is 12.9. The number of nitrogens with one attached hydrogen (secondary N) is 1. The average Bonchev–Trinajstić information content (AvgIpc) is 3.10. The maximum absolute atomic E-state index is 6.28. The van der Waals surface area contributed by atoms with Gasteiger partial charge in [0, 0.05) is 36.3 Å². The Labute approximate surface area is 134 Å². The first-order valence-electron chi connectivity index (χ1n) is 7.61. The summed E-state index contributed by atoms with van der Waals surface area (Å²) >= 11 is 6.28. The normalized spacial score (nSPS) is 18.8. The Morgan fingerprint density at radius 2 is 2.14 bits per heavy atom. The minimum Gasteiger partial charge on any atom is -0.356 e. The molecule has 0 unspecified atom stereocenters. The Morgan fingerprint density at radius 1 is 1.18 bits per heavy atom. The van der Waals surface area contributed by atoms with Crippen LogP contribution >= 0.6 is 11.6 Å². The lowest BCUT2D eigenvalue weighted by Gasteiger charge is -2.33. The van der Waals surface area contributed by atoms with Crippen molar-refractivity contribution in [1.29, 1.82) is 0 Å². The molecule has 1 fully saturated rings. The molecule has 1 aromatic carbocycles. The van der Waals surface area contributed by atoms with E-state index in [4.69, 9.17) is 16.6 Å². The third kappa shape index (κ3) is 2.44. The molecule has 3 aromatic rings. The van der Waals surface area contributed by atoms with E-state index in [0.29, 0.717) is 10.9 Å². The molecule has 1 aliphatic rings. The van der Waals surface area contributed by atoms with Crippen LogP contribution < -0.4 is 4.90 Å². The van der Waals surface area contributed by atoms with Gasteiger partial charge < -0.3 is 4.90 Å². The second-order valence-electron chi connectivity index (χ2n) is 5.78. The summed E-state index contributed by atoms with van der Waals surface area (Å²) in [6.45, 7) is 2.00. The number of halogens is 1. The molecule has 1 atom stereocenters. The fraction of sp³-hybridized carbons (Fsp3) is 0.294. The van der Waals surface area contributed by atoms with E-state index in [1.165, 1.54) is 12.1 Å². The van der Waals surface area contributed by atoms with Gasteiger partial charge in [-0.2, -0.15) is 5.10 Å². The van der Waals surface area contributed by atoms with Crippen LogP contribution in [0.5, 0.6) is 0 Å². The van der Waals surface area contributed by atoms with Crippen molar-refractivity contribution in [2.45, 2.75) is 18.8 Å². The van der Waals surface area contributed by atoms with Gasteiger partial charge in [-0.05, 0) is 37.1 Å². The second-order valence-corrected chi connectivity index (χ2v) is 6.19.